The van der Waals surface area contributed by atoms with Crippen molar-refractivity contribution in [1.29, 1.82) is 5.26 Å². The van der Waals surface area contributed by atoms with Crippen molar-refractivity contribution in [1.82, 2.24) is 20.2 Å². The maximum absolute atomic E-state index is 12.8. The molecule has 1 aromatic carbocycles. The van der Waals surface area contributed by atoms with Gasteiger partial charge in [-0.1, -0.05) is 0 Å². The van der Waals surface area contributed by atoms with Crippen molar-refractivity contribution in [3.05, 3.63) is 35.2 Å². The molecule has 0 radical (unpaired) electrons. The average molecular weight is 351 g/mol. The van der Waals surface area contributed by atoms with Gasteiger partial charge in [-0.2, -0.15) is 5.26 Å². The molecule has 0 aliphatic carbocycles. The van der Waals surface area contributed by atoms with Gasteiger partial charge in [-0.25, -0.2) is 9.97 Å². The van der Waals surface area contributed by atoms with Crippen LogP contribution in [0.1, 0.15) is 41.0 Å². The fourth-order valence-electron chi connectivity index (χ4n) is 3.12. The maximum atomic E-state index is 12.8. The normalized spacial score (nSPS) is 14.9. The molecule has 134 valence electrons. The molecule has 1 fully saturated rings. The molecule has 1 aliphatic rings. The number of rotatable bonds is 3. The SMILES string of the molecule is Cc1nc2ccc(C(=O)N3CCC(NC(=O)CC#N)CC3)cc2nc1C. The lowest BCUT2D eigenvalue weighted by Crippen LogP contribution is -2.46. The molecule has 7 heteroatoms. The first-order valence-corrected chi connectivity index (χ1v) is 8.68. The van der Waals surface area contributed by atoms with Crippen molar-refractivity contribution in [3.8, 4) is 6.07 Å². The van der Waals surface area contributed by atoms with Crippen molar-refractivity contribution in [3.63, 3.8) is 0 Å². The zero-order valence-electron chi connectivity index (χ0n) is 15.0. The number of fused-ring (bicyclic) bond motifs is 1. The van der Waals surface area contributed by atoms with Crippen LogP contribution in [0.15, 0.2) is 18.2 Å². The summed E-state index contributed by atoms with van der Waals surface area (Å²) >= 11 is 0. The molecule has 1 saturated heterocycles. The third kappa shape index (κ3) is 3.80. The molecule has 1 N–H and O–H groups in total. The fourth-order valence-corrected chi connectivity index (χ4v) is 3.12. The number of benzene rings is 1. The Kier molecular flexibility index (Phi) is 5.12. The molecule has 2 amide bonds. The lowest BCUT2D eigenvalue weighted by Gasteiger charge is -2.32. The largest absolute Gasteiger partial charge is 0.352 e. The minimum atomic E-state index is -0.254. The molecule has 1 aliphatic heterocycles. The molecular formula is C19H21N5O2. The number of nitriles is 1. The number of nitrogens with zero attached hydrogens (tertiary/aromatic N) is 4. The number of aromatic nitrogens is 2. The van der Waals surface area contributed by atoms with Crippen LogP contribution in [0.3, 0.4) is 0 Å². The van der Waals surface area contributed by atoms with Crippen molar-refractivity contribution in [2.45, 2.75) is 39.2 Å². The van der Waals surface area contributed by atoms with E-state index < -0.39 is 0 Å². The first-order valence-electron chi connectivity index (χ1n) is 8.68. The van der Waals surface area contributed by atoms with Crippen LogP contribution in [0.2, 0.25) is 0 Å². The number of piperidine rings is 1. The van der Waals surface area contributed by atoms with E-state index in [-0.39, 0.29) is 24.3 Å². The van der Waals surface area contributed by atoms with Crippen LogP contribution < -0.4 is 5.32 Å². The summed E-state index contributed by atoms with van der Waals surface area (Å²) in [6.07, 6.45) is 1.25. The minimum absolute atomic E-state index is 0.0213. The van der Waals surface area contributed by atoms with Crippen LogP contribution in [0.4, 0.5) is 0 Å². The molecule has 0 saturated carbocycles. The standard InChI is InChI=1S/C19H21N5O2/c1-12-13(2)22-17-11-14(3-4-16(17)21-12)19(26)24-9-6-15(7-10-24)23-18(25)5-8-20/h3-4,11,15H,5-7,9-10H2,1-2H3,(H,23,25). The predicted octanol–water partition coefficient (Wildman–Crippen LogP) is 1.88. The first kappa shape index (κ1) is 17.8. The Labute approximate surface area is 152 Å². The number of nitrogens with one attached hydrogen (secondary N) is 1. The van der Waals surface area contributed by atoms with Crippen molar-refractivity contribution < 1.29 is 9.59 Å². The summed E-state index contributed by atoms with van der Waals surface area (Å²) in [5.41, 5.74) is 3.84. The molecule has 2 aromatic rings. The number of carbonyl (C=O) groups is 2. The second kappa shape index (κ2) is 7.48. The van der Waals surface area contributed by atoms with Crippen LogP contribution in [0, 0.1) is 25.2 Å². The number of hydrogen-bond acceptors (Lipinski definition) is 5. The van der Waals surface area contributed by atoms with E-state index in [2.05, 4.69) is 15.3 Å². The van der Waals surface area contributed by atoms with Crippen molar-refractivity contribution in [2.75, 3.05) is 13.1 Å². The van der Waals surface area contributed by atoms with Crippen molar-refractivity contribution >= 4 is 22.8 Å². The Bertz CT molecular complexity index is 895. The van der Waals surface area contributed by atoms with E-state index in [1.54, 1.807) is 17.0 Å². The van der Waals surface area contributed by atoms with Gasteiger partial charge in [0.05, 0.1) is 28.5 Å². The van der Waals surface area contributed by atoms with E-state index in [1.165, 1.54) is 0 Å². The Morgan fingerprint density at radius 2 is 1.85 bits per heavy atom. The highest BCUT2D eigenvalue weighted by molar-refractivity contribution is 5.97. The zero-order chi connectivity index (χ0) is 18.7. The van der Waals surface area contributed by atoms with Crippen LogP contribution in [0.25, 0.3) is 11.0 Å². The second-order valence-corrected chi connectivity index (χ2v) is 6.57. The summed E-state index contributed by atoms with van der Waals surface area (Å²) in [4.78, 5) is 35.1. The lowest BCUT2D eigenvalue weighted by molar-refractivity contribution is -0.121. The van der Waals surface area contributed by atoms with Crippen molar-refractivity contribution in [2.24, 2.45) is 0 Å². The smallest absolute Gasteiger partial charge is 0.253 e. The molecule has 0 spiro atoms. The highest BCUT2D eigenvalue weighted by atomic mass is 16.2. The third-order valence-electron chi connectivity index (χ3n) is 4.71. The van der Waals surface area contributed by atoms with E-state index in [9.17, 15) is 9.59 Å². The molecule has 1 aromatic heterocycles. The van der Waals surface area contributed by atoms with E-state index in [0.29, 0.717) is 31.5 Å². The van der Waals surface area contributed by atoms with Gasteiger partial charge < -0.3 is 10.2 Å². The summed E-state index contributed by atoms with van der Waals surface area (Å²) in [6.45, 7) is 4.97. The quantitative estimate of drug-likeness (QED) is 0.910. The highest BCUT2D eigenvalue weighted by Gasteiger charge is 2.24. The molecule has 26 heavy (non-hydrogen) atoms. The molecule has 0 unspecified atom stereocenters. The summed E-state index contributed by atoms with van der Waals surface area (Å²) in [5, 5.41) is 11.4. The van der Waals surface area contributed by atoms with E-state index in [1.807, 2.05) is 26.0 Å². The predicted molar refractivity (Wildman–Crippen MR) is 96.3 cm³/mol. The van der Waals surface area contributed by atoms with Gasteiger partial charge in [0.15, 0.2) is 0 Å². The zero-order valence-corrected chi connectivity index (χ0v) is 15.0. The molecule has 0 bridgehead atoms. The Morgan fingerprint density at radius 3 is 2.50 bits per heavy atom. The van der Waals surface area contributed by atoms with Gasteiger partial charge in [0.25, 0.3) is 5.91 Å². The number of carbonyl (C=O) groups excluding carboxylic acids is 2. The van der Waals surface area contributed by atoms with Gasteiger partial charge in [0.1, 0.15) is 6.42 Å². The van der Waals surface area contributed by atoms with Gasteiger partial charge >= 0.3 is 0 Å². The summed E-state index contributed by atoms with van der Waals surface area (Å²) in [5.74, 6) is -0.287. The van der Waals surface area contributed by atoms with Gasteiger partial charge in [-0.3, -0.25) is 9.59 Å². The monoisotopic (exact) mass is 351 g/mol. The highest BCUT2D eigenvalue weighted by Crippen LogP contribution is 2.18. The molecular weight excluding hydrogens is 330 g/mol. The van der Waals surface area contributed by atoms with E-state index >= 15 is 0 Å². The molecule has 3 rings (SSSR count). The number of likely N-dealkylation sites (tertiary alicyclic amines) is 1. The third-order valence-corrected chi connectivity index (χ3v) is 4.71. The number of aryl methyl sites for hydroxylation is 2. The molecule has 2 heterocycles. The average Bonchev–Trinajstić information content (AvgIpc) is 2.62. The maximum Gasteiger partial charge on any atom is 0.253 e. The summed E-state index contributed by atoms with van der Waals surface area (Å²) < 4.78 is 0. The fraction of sp³-hybridized carbons (Fsp3) is 0.421. The molecule has 7 nitrogen and oxygen atoms in total. The minimum Gasteiger partial charge on any atom is -0.352 e. The molecule has 0 atom stereocenters. The van der Waals surface area contributed by atoms with Crippen LogP contribution in [0.5, 0.6) is 0 Å². The van der Waals surface area contributed by atoms with Gasteiger partial charge in [0.2, 0.25) is 5.91 Å². The van der Waals surface area contributed by atoms with E-state index in [0.717, 1.165) is 22.4 Å². The number of hydrogen-bond donors (Lipinski definition) is 1. The second-order valence-electron chi connectivity index (χ2n) is 6.57. The Morgan fingerprint density at radius 1 is 1.19 bits per heavy atom. The summed E-state index contributed by atoms with van der Waals surface area (Å²) in [7, 11) is 0. The van der Waals surface area contributed by atoms with Gasteiger partial charge in [-0.05, 0) is 44.9 Å². The van der Waals surface area contributed by atoms with Gasteiger partial charge in [-0.15, -0.1) is 0 Å². The summed E-state index contributed by atoms with van der Waals surface area (Å²) in [6, 6.07) is 7.27. The van der Waals surface area contributed by atoms with Crippen LogP contribution in [-0.2, 0) is 4.79 Å². The Balaban J connectivity index is 1.67. The number of amides is 2. The van der Waals surface area contributed by atoms with Crippen LogP contribution in [-0.4, -0.2) is 45.8 Å². The van der Waals surface area contributed by atoms with Crippen LogP contribution >= 0.6 is 0 Å². The topological polar surface area (TPSA) is 99.0 Å². The lowest BCUT2D eigenvalue weighted by atomic mass is 10.0. The Hall–Kier alpha value is -3.01. The van der Waals surface area contributed by atoms with E-state index in [4.69, 9.17) is 5.26 Å². The first-order chi connectivity index (χ1) is 12.5. The van der Waals surface area contributed by atoms with Gasteiger partial charge in [0, 0.05) is 24.7 Å².